The van der Waals surface area contributed by atoms with E-state index in [-0.39, 0.29) is 17.4 Å². The molecule has 3 heterocycles. The number of anilines is 1. The van der Waals surface area contributed by atoms with Gasteiger partial charge in [-0.15, -0.1) is 0 Å². The first-order valence-electron chi connectivity index (χ1n) is 10.0. The van der Waals surface area contributed by atoms with Gasteiger partial charge in [-0.3, -0.25) is 14.6 Å². The zero-order valence-corrected chi connectivity index (χ0v) is 17.2. The van der Waals surface area contributed by atoms with Crippen molar-refractivity contribution in [1.82, 2.24) is 20.3 Å². The summed E-state index contributed by atoms with van der Waals surface area (Å²) < 4.78 is 38.1. The van der Waals surface area contributed by atoms with Crippen LogP contribution in [-0.4, -0.2) is 39.4 Å². The Kier molecular flexibility index (Phi) is 5.95. The molecule has 0 spiro atoms. The van der Waals surface area contributed by atoms with Crippen molar-refractivity contribution in [1.29, 1.82) is 0 Å². The molecule has 1 fully saturated rings. The van der Waals surface area contributed by atoms with Crippen LogP contribution in [0, 0.1) is 0 Å². The first-order valence-corrected chi connectivity index (χ1v) is 10.0. The number of halogens is 3. The number of carbonyl (C=O) groups excluding carboxylic acids is 2. The van der Waals surface area contributed by atoms with Gasteiger partial charge in [0.1, 0.15) is 17.6 Å². The van der Waals surface area contributed by atoms with Crippen molar-refractivity contribution in [3.63, 3.8) is 0 Å². The third kappa shape index (κ3) is 5.25. The van der Waals surface area contributed by atoms with E-state index in [4.69, 9.17) is 5.73 Å². The van der Waals surface area contributed by atoms with Crippen LogP contribution in [0.2, 0.25) is 0 Å². The summed E-state index contributed by atoms with van der Waals surface area (Å²) in [5.74, 6) is -0.347. The van der Waals surface area contributed by atoms with Crippen LogP contribution < -0.4 is 16.4 Å². The molecule has 33 heavy (non-hydrogen) atoms. The summed E-state index contributed by atoms with van der Waals surface area (Å²) in [7, 11) is 0. The summed E-state index contributed by atoms with van der Waals surface area (Å²) in [6, 6.07) is 10.3. The number of amides is 2. The topological polar surface area (TPSA) is 123 Å². The first kappa shape index (κ1) is 22.2. The first-order chi connectivity index (χ1) is 15.7. The van der Waals surface area contributed by atoms with Gasteiger partial charge >= 0.3 is 6.18 Å². The Morgan fingerprint density at radius 2 is 1.91 bits per heavy atom. The molecule has 170 valence electrons. The van der Waals surface area contributed by atoms with Gasteiger partial charge in [-0.1, -0.05) is 24.3 Å². The summed E-state index contributed by atoms with van der Waals surface area (Å²) in [5, 5.41) is 5.71. The lowest BCUT2D eigenvalue weighted by Crippen LogP contribution is -2.30. The number of nitrogens with two attached hydrogens (primary N) is 1. The number of nitrogens with zero attached hydrogens (tertiary/aromatic N) is 3. The minimum atomic E-state index is -4.43. The van der Waals surface area contributed by atoms with Crippen LogP contribution in [0.1, 0.15) is 33.7 Å². The van der Waals surface area contributed by atoms with Crippen molar-refractivity contribution in [3.05, 3.63) is 71.2 Å². The second kappa shape index (κ2) is 8.85. The van der Waals surface area contributed by atoms with E-state index in [1.54, 1.807) is 24.3 Å². The molecule has 0 bridgehead atoms. The number of pyridine rings is 1. The minimum absolute atomic E-state index is 0.000985. The van der Waals surface area contributed by atoms with Gasteiger partial charge in [0.25, 0.3) is 5.91 Å². The Bertz CT molecular complexity index is 1180. The molecule has 8 nitrogen and oxygen atoms in total. The van der Waals surface area contributed by atoms with Crippen molar-refractivity contribution in [3.8, 4) is 11.4 Å². The third-order valence-electron chi connectivity index (χ3n) is 5.10. The molecule has 1 saturated heterocycles. The standard InChI is InChI=1S/C22H19F3N6O2/c23-22(24,25)14-5-6-15(28-11-14)9-12-1-3-13(4-2-12)20-30-17(19(26)32)10-18(31-20)29-16-7-8-27-21(16)33/h1-6,10-11,16H,7-9H2,(H2,26,32)(H,27,33)(H,29,30,31)/t16-/m0/s1. The summed E-state index contributed by atoms with van der Waals surface area (Å²) in [6.07, 6.45) is -2.70. The monoisotopic (exact) mass is 456 g/mol. The molecule has 1 atom stereocenters. The van der Waals surface area contributed by atoms with E-state index in [0.29, 0.717) is 36.5 Å². The van der Waals surface area contributed by atoms with Crippen LogP contribution in [-0.2, 0) is 17.4 Å². The predicted octanol–water partition coefficient (Wildman–Crippen LogP) is 2.55. The van der Waals surface area contributed by atoms with Gasteiger partial charge in [0, 0.05) is 36.5 Å². The van der Waals surface area contributed by atoms with E-state index in [9.17, 15) is 22.8 Å². The highest BCUT2D eigenvalue weighted by molar-refractivity contribution is 5.92. The fraction of sp³-hybridized carbons (Fsp3) is 0.227. The molecular formula is C22H19F3N6O2. The van der Waals surface area contributed by atoms with Crippen molar-refractivity contribution in [2.75, 3.05) is 11.9 Å². The van der Waals surface area contributed by atoms with E-state index < -0.39 is 23.7 Å². The molecule has 4 N–H and O–H groups in total. The molecule has 3 aromatic rings. The molecular weight excluding hydrogens is 437 g/mol. The zero-order valence-electron chi connectivity index (χ0n) is 17.2. The summed E-state index contributed by atoms with van der Waals surface area (Å²) in [5.41, 5.74) is 6.51. The molecule has 2 aromatic heterocycles. The summed E-state index contributed by atoms with van der Waals surface area (Å²) in [6.45, 7) is 0.548. The van der Waals surface area contributed by atoms with Crippen LogP contribution in [0.3, 0.4) is 0 Å². The van der Waals surface area contributed by atoms with Crippen LogP contribution in [0.4, 0.5) is 19.0 Å². The Morgan fingerprint density at radius 3 is 2.48 bits per heavy atom. The quantitative estimate of drug-likeness (QED) is 0.524. The van der Waals surface area contributed by atoms with E-state index in [1.165, 1.54) is 12.1 Å². The van der Waals surface area contributed by atoms with Gasteiger partial charge in [0.2, 0.25) is 5.91 Å². The number of hydrogen-bond acceptors (Lipinski definition) is 6. The van der Waals surface area contributed by atoms with E-state index >= 15 is 0 Å². The number of rotatable bonds is 6. The number of carbonyl (C=O) groups is 2. The van der Waals surface area contributed by atoms with Gasteiger partial charge in [-0.25, -0.2) is 9.97 Å². The average molecular weight is 456 g/mol. The number of alkyl halides is 3. The Labute approximate surface area is 186 Å². The maximum absolute atomic E-state index is 12.7. The fourth-order valence-electron chi connectivity index (χ4n) is 3.36. The highest BCUT2D eigenvalue weighted by Crippen LogP contribution is 2.28. The number of primary amides is 1. The Morgan fingerprint density at radius 1 is 1.15 bits per heavy atom. The molecule has 0 saturated carbocycles. The van der Waals surface area contributed by atoms with Gasteiger partial charge in [-0.05, 0) is 24.1 Å². The lowest BCUT2D eigenvalue weighted by Gasteiger charge is -2.13. The molecule has 2 amide bonds. The van der Waals surface area contributed by atoms with Gasteiger partial charge in [0.05, 0.1) is 5.56 Å². The predicted molar refractivity (Wildman–Crippen MR) is 113 cm³/mol. The number of hydrogen-bond donors (Lipinski definition) is 3. The molecule has 0 unspecified atom stereocenters. The number of aromatic nitrogens is 3. The maximum atomic E-state index is 12.7. The SMILES string of the molecule is NC(=O)c1cc(N[C@H]2CCNC2=O)nc(-c2ccc(Cc3ccc(C(F)(F)F)cn3)cc2)n1. The number of nitrogens with one attached hydrogen (secondary N) is 2. The van der Waals surface area contributed by atoms with Crippen molar-refractivity contribution >= 4 is 17.6 Å². The van der Waals surface area contributed by atoms with Crippen LogP contribution >= 0.6 is 0 Å². The summed E-state index contributed by atoms with van der Waals surface area (Å²) in [4.78, 5) is 36.0. The Balaban J connectivity index is 1.54. The molecule has 1 aliphatic heterocycles. The van der Waals surface area contributed by atoms with Crippen LogP contribution in [0.25, 0.3) is 11.4 Å². The fourth-order valence-corrected chi connectivity index (χ4v) is 3.36. The van der Waals surface area contributed by atoms with E-state index in [0.717, 1.165) is 17.8 Å². The van der Waals surface area contributed by atoms with Crippen LogP contribution in [0.15, 0.2) is 48.7 Å². The van der Waals surface area contributed by atoms with Gasteiger partial charge in [-0.2, -0.15) is 13.2 Å². The zero-order chi connectivity index (χ0) is 23.6. The van der Waals surface area contributed by atoms with Gasteiger partial charge < -0.3 is 16.4 Å². The van der Waals surface area contributed by atoms with E-state index in [2.05, 4.69) is 25.6 Å². The second-order valence-electron chi connectivity index (χ2n) is 7.51. The Hall–Kier alpha value is -4.02. The molecule has 1 aromatic carbocycles. The van der Waals surface area contributed by atoms with Crippen LogP contribution in [0.5, 0.6) is 0 Å². The maximum Gasteiger partial charge on any atom is 0.417 e. The third-order valence-corrected chi connectivity index (χ3v) is 5.10. The van der Waals surface area contributed by atoms with Crippen molar-refractivity contribution in [2.45, 2.75) is 25.1 Å². The lowest BCUT2D eigenvalue weighted by atomic mass is 10.1. The second-order valence-corrected chi connectivity index (χ2v) is 7.51. The van der Waals surface area contributed by atoms with Crippen molar-refractivity contribution in [2.24, 2.45) is 5.73 Å². The van der Waals surface area contributed by atoms with E-state index in [1.807, 2.05) is 0 Å². The minimum Gasteiger partial charge on any atom is -0.364 e. The normalized spacial score (nSPS) is 15.8. The lowest BCUT2D eigenvalue weighted by molar-refractivity contribution is -0.137. The summed E-state index contributed by atoms with van der Waals surface area (Å²) >= 11 is 0. The highest BCUT2D eigenvalue weighted by Gasteiger charge is 2.30. The largest absolute Gasteiger partial charge is 0.417 e. The molecule has 0 aliphatic carbocycles. The molecule has 1 aliphatic rings. The molecule has 0 radical (unpaired) electrons. The van der Waals surface area contributed by atoms with Gasteiger partial charge in [0.15, 0.2) is 5.82 Å². The average Bonchev–Trinajstić information content (AvgIpc) is 3.18. The molecule has 4 rings (SSSR count). The highest BCUT2D eigenvalue weighted by atomic mass is 19.4. The smallest absolute Gasteiger partial charge is 0.364 e. The molecule has 11 heteroatoms. The van der Waals surface area contributed by atoms with Crippen molar-refractivity contribution < 1.29 is 22.8 Å². The number of benzene rings is 1.